The number of fused-ring (bicyclic) bond motifs is 1. The van der Waals surface area contributed by atoms with Crippen LogP contribution in [0.25, 0.3) is 22.0 Å². The van der Waals surface area contributed by atoms with Gasteiger partial charge in [0.2, 0.25) is 0 Å². The number of aromatic nitrogens is 2. The second kappa shape index (κ2) is 4.62. The Bertz CT molecular complexity index is 810. The van der Waals surface area contributed by atoms with Gasteiger partial charge < -0.3 is 10.8 Å². The van der Waals surface area contributed by atoms with Crippen LogP contribution in [0.15, 0.2) is 48.8 Å². The average Bonchev–Trinajstić information content (AvgIpc) is 2.46. The highest BCUT2D eigenvalue weighted by Crippen LogP contribution is 2.29. The van der Waals surface area contributed by atoms with Crippen molar-refractivity contribution in [2.24, 2.45) is 0 Å². The van der Waals surface area contributed by atoms with E-state index in [4.69, 9.17) is 5.73 Å². The van der Waals surface area contributed by atoms with Crippen molar-refractivity contribution in [1.82, 2.24) is 9.97 Å². The first-order chi connectivity index (χ1) is 9.66. The van der Waals surface area contributed by atoms with E-state index in [-0.39, 0.29) is 11.4 Å². The summed E-state index contributed by atoms with van der Waals surface area (Å²) >= 11 is 0. The first-order valence-corrected chi connectivity index (χ1v) is 6.00. The van der Waals surface area contributed by atoms with Crippen molar-refractivity contribution in [3.05, 3.63) is 54.4 Å². The Hall–Kier alpha value is -2.95. The molecule has 98 valence electrons. The Labute approximate surface area is 114 Å². The summed E-state index contributed by atoms with van der Waals surface area (Å²) in [6.07, 6.45) is 3.15. The molecule has 5 nitrogen and oxygen atoms in total. The van der Waals surface area contributed by atoms with Crippen molar-refractivity contribution >= 4 is 22.7 Å². The monoisotopic (exact) mass is 265 g/mol. The van der Waals surface area contributed by atoms with Gasteiger partial charge in [0.1, 0.15) is 5.82 Å². The van der Waals surface area contributed by atoms with Crippen molar-refractivity contribution in [3.63, 3.8) is 0 Å². The first kappa shape index (κ1) is 12.1. The van der Waals surface area contributed by atoms with E-state index < -0.39 is 5.97 Å². The molecule has 0 aliphatic heterocycles. The van der Waals surface area contributed by atoms with Crippen molar-refractivity contribution < 1.29 is 9.90 Å². The molecule has 0 atom stereocenters. The summed E-state index contributed by atoms with van der Waals surface area (Å²) in [4.78, 5) is 19.7. The van der Waals surface area contributed by atoms with Gasteiger partial charge in [-0.15, -0.1) is 0 Å². The van der Waals surface area contributed by atoms with Gasteiger partial charge in [-0.25, -0.2) is 9.78 Å². The summed E-state index contributed by atoms with van der Waals surface area (Å²) in [6.45, 7) is 0. The van der Waals surface area contributed by atoms with Crippen LogP contribution in [0.5, 0.6) is 0 Å². The van der Waals surface area contributed by atoms with Crippen molar-refractivity contribution in [1.29, 1.82) is 0 Å². The Morgan fingerprint density at radius 3 is 2.70 bits per heavy atom. The van der Waals surface area contributed by atoms with Gasteiger partial charge in [0.25, 0.3) is 0 Å². The number of aromatic carboxylic acids is 1. The molecule has 1 aromatic carbocycles. The van der Waals surface area contributed by atoms with Crippen LogP contribution in [0.1, 0.15) is 10.4 Å². The normalized spacial score (nSPS) is 10.6. The molecule has 2 aromatic heterocycles. The fourth-order valence-corrected chi connectivity index (χ4v) is 2.18. The highest BCUT2D eigenvalue weighted by molar-refractivity contribution is 6.02. The van der Waals surface area contributed by atoms with E-state index >= 15 is 0 Å². The van der Waals surface area contributed by atoms with Crippen LogP contribution in [0.3, 0.4) is 0 Å². The second-order valence-corrected chi connectivity index (χ2v) is 4.34. The molecule has 3 aromatic rings. The van der Waals surface area contributed by atoms with Crippen LogP contribution >= 0.6 is 0 Å². The van der Waals surface area contributed by atoms with Gasteiger partial charge in [-0.05, 0) is 12.1 Å². The maximum Gasteiger partial charge on any atom is 0.336 e. The number of nitrogen functional groups attached to an aromatic ring is 1. The van der Waals surface area contributed by atoms with Gasteiger partial charge in [-0.1, -0.05) is 24.3 Å². The number of nitrogens with two attached hydrogens (primary N) is 1. The zero-order chi connectivity index (χ0) is 14.1. The van der Waals surface area contributed by atoms with E-state index in [0.717, 1.165) is 16.5 Å². The summed E-state index contributed by atoms with van der Waals surface area (Å²) in [5.41, 5.74) is 7.67. The molecule has 3 N–H and O–H groups in total. The largest absolute Gasteiger partial charge is 0.478 e. The maximum atomic E-state index is 11.4. The number of para-hydroxylation sites is 1. The van der Waals surface area contributed by atoms with Crippen LogP contribution in [-0.2, 0) is 0 Å². The smallest absolute Gasteiger partial charge is 0.336 e. The van der Waals surface area contributed by atoms with Crippen molar-refractivity contribution in [2.45, 2.75) is 0 Å². The summed E-state index contributed by atoms with van der Waals surface area (Å²) in [5.74, 6) is -0.860. The van der Waals surface area contributed by atoms with Crippen molar-refractivity contribution in [3.8, 4) is 11.1 Å². The van der Waals surface area contributed by atoms with Crippen LogP contribution in [0.4, 0.5) is 5.82 Å². The number of hydrogen-bond donors (Lipinski definition) is 2. The molecule has 5 heteroatoms. The highest BCUT2D eigenvalue weighted by atomic mass is 16.4. The zero-order valence-electron chi connectivity index (χ0n) is 10.4. The minimum atomic E-state index is -1.04. The van der Waals surface area contributed by atoms with Gasteiger partial charge in [0.05, 0.1) is 11.1 Å². The molecule has 0 amide bonds. The van der Waals surface area contributed by atoms with E-state index in [1.54, 1.807) is 6.20 Å². The third-order valence-electron chi connectivity index (χ3n) is 3.08. The zero-order valence-corrected chi connectivity index (χ0v) is 10.4. The van der Waals surface area contributed by atoms with Crippen LogP contribution < -0.4 is 5.73 Å². The van der Waals surface area contributed by atoms with E-state index in [1.165, 1.54) is 12.3 Å². The molecule has 0 bridgehead atoms. The summed E-state index contributed by atoms with van der Waals surface area (Å²) in [7, 11) is 0. The van der Waals surface area contributed by atoms with E-state index in [2.05, 4.69) is 9.97 Å². The number of hydrogen-bond acceptors (Lipinski definition) is 4. The lowest BCUT2D eigenvalue weighted by atomic mass is 9.99. The SMILES string of the molecule is Nc1cc(C(=O)O)c(-c2cccc3cccnc23)cn1. The molecule has 0 saturated heterocycles. The minimum Gasteiger partial charge on any atom is -0.478 e. The fourth-order valence-electron chi connectivity index (χ4n) is 2.18. The van der Waals surface area contributed by atoms with Crippen LogP contribution in [0.2, 0.25) is 0 Å². The lowest BCUT2D eigenvalue weighted by molar-refractivity contribution is 0.0697. The molecular formula is C15H11N3O2. The Balaban J connectivity index is 2.34. The molecule has 0 unspecified atom stereocenters. The molecule has 0 spiro atoms. The Morgan fingerprint density at radius 1 is 1.10 bits per heavy atom. The lowest BCUT2D eigenvalue weighted by Gasteiger charge is -2.09. The maximum absolute atomic E-state index is 11.4. The van der Waals surface area contributed by atoms with E-state index in [1.807, 2.05) is 30.3 Å². The molecule has 20 heavy (non-hydrogen) atoms. The van der Waals surface area contributed by atoms with Gasteiger partial charge in [-0.3, -0.25) is 4.98 Å². The summed E-state index contributed by atoms with van der Waals surface area (Å²) < 4.78 is 0. The van der Waals surface area contributed by atoms with Gasteiger partial charge in [-0.2, -0.15) is 0 Å². The topological polar surface area (TPSA) is 89.1 Å². The number of carboxylic acid groups (broad SMARTS) is 1. The Morgan fingerprint density at radius 2 is 1.90 bits per heavy atom. The lowest BCUT2D eigenvalue weighted by Crippen LogP contribution is -2.03. The third-order valence-corrected chi connectivity index (χ3v) is 3.08. The fraction of sp³-hybridized carbons (Fsp3) is 0. The van der Waals surface area contributed by atoms with Crippen LogP contribution in [-0.4, -0.2) is 21.0 Å². The molecule has 0 saturated carbocycles. The summed E-state index contributed by atoms with van der Waals surface area (Å²) in [6, 6.07) is 10.7. The number of nitrogens with zero attached hydrogens (tertiary/aromatic N) is 2. The summed E-state index contributed by atoms with van der Waals surface area (Å²) in [5, 5.41) is 10.3. The molecule has 3 rings (SSSR count). The van der Waals surface area contributed by atoms with Gasteiger partial charge in [0.15, 0.2) is 0 Å². The first-order valence-electron chi connectivity index (χ1n) is 6.00. The predicted octanol–water partition coefficient (Wildman–Crippen LogP) is 2.58. The molecule has 0 radical (unpaired) electrons. The number of pyridine rings is 2. The number of carbonyl (C=O) groups is 1. The third kappa shape index (κ3) is 1.95. The van der Waals surface area contributed by atoms with Gasteiger partial charge in [0, 0.05) is 28.9 Å². The molecule has 0 fully saturated rings. The van der Waals surface area contributed by atoms with Crippen molar-refractivity contribution in [2.75, 3.05) is 5.73 Å². The highest BCUT2D eigenvalue weighted by Gasteiger charge is 2.15. The average molecular weight is 265 g/mol. The number of anilines is 1. The van der Waals surface area contributed by atoms with Crippen LogP contribution in [0, 0.1) is 0 Å². The van der Waals surface area contributed by atoms with E-state index in [0.29, 0.717) is 5.56 Å². The molecule has 0 aliphatic rings. The number of carboxylic acids is 1. The molecule has 2 heterocycles. The van der Waals surface area contributed by atoms with E-state index in [9.17, 15) is 9.90 Å². The quantitative estimate of drug-likeness (QED) is 0.743. The number of benzene rings is 1. The predicted molar refractivity (Wildman–Crippen MR) is 76.3 cm³/mol. The second-order valence-electron chi connectivity index (χ2n) is 4.34. The van der Waals surface area contributed by atoms with Gasteiger partial charge >= 0.3 is 5.97 Å². The molecular weight excluding hydrogens is 254 g/mol. The minimum absolute atomic E-state index is 0.121. The molecule has 0 aliphatic carbocycles. The Kier molecular flexibility index (Phi) is 2.80. The standard InChI is InChI=1S/C15H11N3O2/c16-13-7-11(15(19)20)12(8-18-13)10-5-1-3-9-4-2-6-17-14(9)10/h1-8H,(H2,16,18)(H,19,20). The number of rotatable bonds is 2.